The minimum atomic E-state index is -0.759. The van der Waals surface area contributed by atoms with Gasteiger partial charge in [0.1, 0.15) is 0 Å². The maximum absolute atomic E-state index is 11.7. The zero-order valence-electron chi connectivity index (χ0n) is 10.8. The van der Waals surface area contributed by atoms with E-state index < -0.39 is 17.0 Å². The molecule has 0 aliphatic heterocycles. The number of carbonyl (C=O) groups excluding carboxylic acids is 1. The second kappa shape index (κ2) is 5.26. The predicted octanol–water partition coefficient (Wildman–Crippen LogP) is 2.23. The van der Waals surface area contributed by atoms with Gasteiger partial charge in [0.25, 0.3) is 0 Å². The highest BCUT2D eigenvalue weighted by Crippen LogP contribution is 2.38. The highest BCUT2D eigenvalue weighted by Gasteiger charge is 2.40. The zero-order chi connectivity index (χ0) is 14.0. The number of benzene rings is 1. The van der Waals surface area contributed by atoms with Gasteiger partial charge in [0.05, 0.1) is 12.0 Å². The van der Waals surface area contributed by atoms with Gasteiger partial charge in [-0.25, -0.2) is 4.79 Å². The first-order valence-electron chi connectivity index (χ1n) is 6.03. The van der Waals surface area contributed by atoms with Gasteiger partial charge < -0.3 is 9.47 Å². The van der Waals surface area contributed by atoms with E-state index in [1.807, 2.05) is 0 Å². The number of ether oxygens (including phenoxy) is 2. The van der Waals surface area contributed by atoms with Gasteiger partial charge in [0, 0.05) is 12.0 Å². The molecule has 0 saturated heterocycles. The van der Waals surface area contributed by atoms with E-state index in [2.05, 4.69) is 0 Å². The van der Waals surface area contributed by atoms with Crippen LogP contribution in [0.5, 0.6) is 5.75 Å². The van der Waals surface area contributed by atoms with Crippen molar-refractivity contribution in [3.8, 4) is 5.75 Å². The van der Waals surface area contributed by atoms with Crippen LogP contribution in [0.4, 0.5) is 5.69 Å². The third kappa shape index (κ3) is 2.83. The Kier molecular flexibility index (Phi) is 3.69. The first kappa shape index (κ1) is 13.3. The van der Waals surface area contributed by atoms with Crippen LogP contribution < -0.4 is 4.74 Å². The first-order chi connectivity index (χ1) is 9.04. The molecule has 0 spiro atoms. The highest BCUT2D eigenvalue weighted by molar-refractivity contribution is 5.76. The number of hydrogen-bond donors (Lipinski definition) is 0. The fourth-order valence-corrected chi connectivity index (χ4v) is 1.91. The third-order valence-electron chi connectivity index (χ3n) is 3.12. The number of methoxy groups -OCH3 is 1. The average Bonchev–Trinajstić information content (AvgIpc) is 3.20. The van der Waals surface area contributed by atoms with E-state index >= 15 is 0 Å². The summed E-state index contributed by atoms with van der Waals surface area (Å²) < 4.78 is 10.3. The summed E-state index contributed by atoms with van der Waals surface area (Å²) in [6, 6.07) is 4.66. The molecule has 1 unspecified atom stereocenters. The van der Waals surface area contributed by atoms with E-state index in [-0.39, 0.29) is 17.4 Å². The summed E-state index contributed by atoms with van der Waals surface area (Å²) in [7, 11) is 1.29. The number of nitro benzene ring substituents is 1. The molecule has 0 aromatic heterocycles. The Morgan fingerprint density at radius 3 is 2.68 bits per heavy atom. The van der Waals surface area contributed by atoms with Gasteiger partial charge in [-0.15, -0.1) is 0 Å². The van der Waals surface area contributed by atoms with Gasteiger partial charge in [-0.2, -0.15) is 0 Å². The van der Waals surface area contributed by atoms with Crippen molar-refractivity contribution < 1.29 is 19.2 Å². The second-order valence-electron chi connectivity index (χ2n) is 4.58. The summed E-state index contributed by atoms with van der Waals surface area (Å²) >= 11 is 0. The SMILES string of the molecule is COC(=O)C(Oc1c(C)cccc1[N+](=O)[O-])C1CC1. The molecule has 0 heterocycles. The van der Waals surface area contributed by atoms with Crippen LogP contribution in [-0.4, -0.2) is 24.1 Å². The molecule has 1 aliphatic rings. The van der Waals surface area contributed by atoms with Crippen molar-refractivity contribution in [2.24, 2.45) is 5.92 Å². The van der Waals surface area contributed by atoms with Gasteiger partial charge in [-0.1, -0.05) is 12.1 Å². The fourth-order valence-electron chi connectivity index (χ4n) is 1.91. The summed E-state index contributed by atoms with van der Waals surface area (Å²) in [5, 5.41) is 11.0. The zero-order valence-corrected chi connectivity index (χ0v) is 10.8. The minimum absolute atomic E-state index is 0.0895. The van der Waals surface area contributed by atoms with Crippen molar-refractivity contribution in [3.63, 3.8) is 0 Å². The number of carbonyl (C=O) groups is 1. The lowest BCUT2D eigenvalue weighted by Gasteiger charge is -2.17. The molecule has 1 saturated carbocycles. The molecule has 0 bridgehead atoms. The fraction of sp³-hybridized carbons (Fsp3) is 0.462. The van der Waals surface area contributed by atoms with E-state index in [9.17, 15) is 14.9 Å². The van der Waals surface area contributed by atoms with Gasteiger partial charge in [0.15, 0.2) is 6.10 Å². The molecule has 1 aliphatic carbocycles. The van der Waals surface area contributed by atoms with E-state index in [1.54, 1.807) is 19.1 Å². The number of nitrogens with zero attached hydrogens (tertiary/aromatic N) is 1. The van der Waals surface area contributed by atoms with Crippen molar-refractivity contribution in [1.29, 1.82) is 0 Å². The van der Waals surface area contributed by atoms with E-state index in [1.165, 1.54) is 13.2 Å². The summed E-state index contributed by atoms with van der Waals surface area (Å²) in [6.07, 6.45) is 0.989. The highest BCUT2D eigenvalue weighted by atomic mass is 16.6. The van der Waals surface area contributed by atoms with Crippen LogP contribution in [0.2, 0.25) is 0 Å². The van der Waals surface area contributed by atoms with E-state index in [0.717, 1.165) is 12.8 Å². The molecule has 0 N–H and O–H groups in total. The Balaban J connectivity index is 2.30. The molecular weight excluding hydrogens is 250 g/mol. The van der Waals surface area contributed by atoms with Crippen LogP contribution in [0.15, 0.2) is 18.2 Å². The maximum atomic E-state index is 11.7. The molecular formula is C13H15NO5. The largest absolute Gasteiger partial charge is 0.471 e. The quantitative estimate of drug-likeness (QED) is 0.463. The Bertz CT molecular complexity index is 510. The molecule has 1 atom stereocenters. The Morgan fingerprint density at radius 2 is 2.16 bits per heavy atom. The van der Waals surface area contributed by atoms with E-state index in [0.29, 0.717) is 5.56 Å². The summed E-state index contributed by atoms with van der Waals surface area (Å²) in [4.78, 5) is 22.2. The first-order valence-corrected chi connectivity index (χ1v) is 6.03. The van der Waals surface area contributed by atoms with Crippen molar-refractivity contribution in [1.82, 2.24) is 0 Å². The number of nitro groups is 1. The number of hydrogen-bond acceptors (Lipinski definition) is 5. The summed E-state index contributed by atoms with van der Waals surface area (Å²) in [6.45, 7) is 1.71. The lowest BCUT2D eigenvalue weighted by molar-refractivity contribution is -0.386. The van der Waals surface area contributed by atoms with Gasteiger partial charge in [0.2, 0.25) is 5.75 Å². The molecule has 1 aromatic carbocycles. The maximum Gasteiger partial charge on any atom is 0.347 e. The van der Waals surface area contributed by atoms with Crippen molar-refractivity contribution in [3.05, 3.63) is 33.9 Å². The summed E-state index contributed by atoms with van der Waals surface area (Å²) in [5.74, 6) is -0.249. The van der Waals surface area contributed by atoms with Crippen LogP contribution in [0.1, 0.15) is 18.4 Å². The van der Waals surface area contributed by atoms with Gasteiger partial charge >= 0.3 is 11.7 Å². The summed E-state index contributed by atoms with van der Waals surface area (Å²) in [5.41, 5.74) is 0.498. The Hall–Kier alpha value is -2.11. The molecule has 0 radical (unpaired) electrons. The average molecular weight is 265 g/mol. The molecule has 19 heavy (non-hydrogen) atoms. The van der Waals surface area contributed by atoms with Crippen molar-refractivity contribution in [2.75, 3.05) is 7.11 Å². The number of esters is 1. The predicted molar refractivity (Wildman–Crippen MR) is 67.0 cm³/mol. The van der Waals surface area contributed by atoms with Crippen molar-refractivity contribution >= 4 is 11.7 Å². The third-order valence-corrected chi connectivity index (χ3v) is 3.12. The molecule has 102 valence electrons. The monoisotopic (exact) mass is 265 g/mol. The Morgan fingerprint density at radius 1 is 1.47 bits per heavy atom. The topological polar surface area (TPSA) is 78.7 Å². The van der Waals surface area contributed by atoms with Crippen LogP contribution in [-0.2, 0) is 9.53 Å². The normalized spacial score (nSPS) is 15.7. The molecule has 6 nitrogen and oxygen atoms in total. The molecule has 2 rings (SSSR count). The minimum Gasteiger partial charge on any atom is -0.471 e. The lowest BCUT2D eigenvalue weighted by atomic mass is 10.1. The molecule has 1 aromatic rings. The van der Waals surface area contributed by atoms with Crippen LogP contribution in [0.3, 0.4) is 0 Å². The Labute approximate surface area is 110 Å². The van der Waals surface area contributed by atoms with Gasteiger partial charge in [-0.3, -0.25) is 10.1 Å². The molecule has 1 fully saturated rings. The second-order valence-corrected chi connectivity index (χ2v) is 4.58. The molecule has 0 amide bonds. The molecule has 6 heteroatoms. The standard InChI is InChI=1S/C13H15NO5/c1-8-4-3-5-10(14(16)17)11(8)19-12(9-6-7-9)13(15)18-2/h3-5,9,12H,6-7H2,1-2H3. The number of para-hydroxylation sites is 1. The van der Waals surface area contributed by atoms with Crippen molar-refractivity contribution in [2.45, 2.75) is 25.9 Å². The number of aryl methyl sites for hydroxylation is 1. The van der Waals surface area contributed by atoms with Crippen LogP contribution in [0, 0.1) is 23.0 Å². The van der Waals surface area contributed by atoms with Crippen LogP contribution in [0.25, 0.3) is 0 Å². The number of rotatable bonds is 5. The van der Waals surface area contributed by atoms with Gasteiger partial charge in [-0.05, 0) is 25.3 Å². The smallest absolute Gasteiger partial charge is 0.347 e. The van der Waals surface area contributed by atoms with Crippen LogP contribution >= 0.6 is 0 Å². The lowest BCUT2D eigenvalue weighted by Crippen LogP contribution is -2.31. The van der Waals surface area contributed by atoms with E-state index in [4.69, 9.17) is 9.47 Å².